The van der Waals surface area contributed by atoms with Crippen molar-refractivity contribution in [2.75, 3.05) is 19.5 Å². The van der Waals surface area contributed by atoms with Crippen molar-refractivity contribution in [3.8, 4) is 11.5 Å². The summed E-state index contributed by atoms with van der Waals surface area (Å²) in [5, 5.41) is 24.3. The van der Waals surface area contributed by atoms with E-state index in [1.807, 2.05) is 0 Å². The van der Waals surface area contributed by atoms with Crippen molar-refractivity contribution in [1.82, 2.24) is 0 Å². The number of phenolic OH excluding ortho intramolecular Hbond substituents is 1. The molecule has 0 saturated carbocycles. The predicted molar refractivity (Wildman–Crippen MR) is 83.5 cm³/mol. The van der Waals surface area contributed by atoms with E-state index in [1.54, 1.807) is 36.4 Å². The number of amides is 1. The van der Waals surface area contributed by atoms with E-state index >= 15 is 0 Å². The number of anilines is 1. The second-order valence-electron chi connectivity index (χ2n) is 5.30. The van der Waals surface area contributed by atoms with Gasteiger partial charge in [-0.1, -0.05) is 18.2 Å². The van der Waals surface area contributed by atoms with Gasteiger partial charge in [-0.05, 0) is 29.8 Å². The maximum absolute atomic E-state index is 12.3. The number of aromatic hydroxyl groups is 1. The van der Waals surface area contributed by atoms with Crippen LogP contribution in [-0.4, -0.2) is 36.4 Å². The first-order chi connectivity index (χ1) is 11.0. The fourth-order valence-electron chi connectivity index (χ4n) is 2.98. The summed E-state index contributed by atoms with van der Waals surface area (Å²) in [4.78, 5) is 12.3. The standard InChI is InChI=1S/C17H17NO5/c1-22-11-8-6-10(7-9-11)17(21)14-12(4-3-5-13(14)19)18-16(20)15(17)23-2/h3-9,15,19,21H,1-2H3,(H,18,20). The average Bonchev–Trinajstić information content (AvgIpc) is 2.55. The zero-order valence-corrected chi connectivity index (χ0v) is 12.7. The molecule has 2 atom stereocenters. The van der Waals surface area contributed by atoms with Crippen LogP contribution in [0.1, 0.15) is 11.1 Å². The maximum atomic E-state index is 12.3. The number of aliphatic hydroxyl groups is 1. The first-order valence-electron chi connectivity index (χ1n) is 7.05. The van der Waals surface area contributed by atoms with Crippen molar-refractivity contribution < 1.29 is 24.5 Å². The highest BCUT2D eigenvalue weighted by Gasteiger charge is 2.51. The van der Waals surface area contributed by atoms with E-state index in [-0.39, 0.29) is 11.3 Å². The van der Waals surface area contributed by atoms with E-state index in [9.17, 15) is 15.0 Å². The van der Waals surface area contributed by atoms with Crippen molar-refractivity contribution in [3.05, 3.63) is 53.6 Å². The minimum absolute atomic E-state index is 0.122. The number of ether oxygens (including phenoxy) is 2. The Morgan fingerprint density at radius 1 is 1.13 bits per heavy atom. The second-order valence-corrected chi connectivity index (χ2v) is 5.30. The van der Waals surface area contributed by atoms with Crippen LogP contribution in [0.25, 0.3) is 0 Å². The molecule has 1 aliphatic rings. The van der Waals surface area contributed by atoms with E-state index in [2.05, 4.69) is 5.32 Å². The van der Waals surface area contributed by atoms with Gasteiger partial charge in [0.2, 0.25) is 0 Å². The Labute approximate surface area is 133 Å². The highest BCUT2D eigenvalue weighted by Crippen LogP contribution is 2.46. The van der Waals surface area contributed by atoms with Crippen LogP contribution in [0.3, 0.4) is 0 Å². The Hall–Kier alpha value is -2.57. The molecule has 2 aromatic rings. The molecular formula is C17H17NO5. The van der Waals surface area contributed by atoms with E-state index in [1.165, 1.54) is 20.3 Å². The van der Waals surface area contributed by atoms with E-state index in [0.29, 0.717) is 17.0 Å². The van der Waals surface area contributed by atoms with Gasteiger partial charge in [0.15, 0.2) is 11.7 Å². The predicted octanol–water partition coefficient (Wildman–Crippen LogP) is 1.60. The lowest BCUT2D eigenvalue weighted by molar-refractivity contribution is -0.142. The van der Waals surface area contributed by atoms with Gasteiger partial charge in [-0.25, -0.2) is 0 Å². The molecule has 1 aliphatic heterocycles. The Bertz CT molecular complexity index is 743. The fraction of sp³-hybridized carbons (Fsp3) is 0.235. The van der Waals surface area contributed by atoms with E-state index < -0.39 is 17.6 Å². The maximum Gasteiger partial charge on any atom is 0.257 e. The van der Waals surface area contributed by atoms with Crippen molar-refractivity contribution in [1.29, 1.82) is 0 Å². The summed E-state index contributed by atoms with van der Waals surface area (Å²) < 4.78 is 10.4. The Morgan fingerprint density at radius 3 is 2.43 bits per heavy atom. The molecule has 0 aliphatic carbocycles. The number of carbonyl (C=O) groups excluding carboxylic acids is 1. The van der Waals surface area contributed by atoms with Gasteiger partial charge in [-0.3, -0.25) is 4.79 Å². The Kier molecular flexibility index (Phi) is 3.71. The third kappa shape index (κ3) is 2.23. The molecule has 6 nitrogen and oxygen atoms in total. The Balaban J connectivity index is 2.25. The molecule has 1 heterocycles. The lowest BCUT2D eigenvalue weighted by Gasteiger charge is -2.40. The van der Waals surface area contributed by atoms with Crippen LogP contribution < -0.4 is 10.1 Å². The van der Waals surface area contributed by atoms with Crippen LogP contribution in [-0.2, 0) is 15.1 Å². The van der Waals surface area contributed by atoms with E-state index in [4.69, 9.17) is 9.47 Å². The smallest absolute Gasteiger partial charge is 0.257 e. The summed E-state index contributed by atoms with van der Waals surface area (Å²) >= 11 is 0. The molecule has 1 amide bonds. The number of hydrogen-bond donors (Lipinski definition) is 3. The van der Waals surface area contributed by atoms with Gasteiger partial charge in [-0.2, -0.15) is 0 Å². The van der Waals surface area contributed by atoms with Gasteiger partial charge in [0.1, 0.15) is 11.5 Å². The van der Waals surface area contributed by atoms with Gasteiger partial charge in [0.05, 0.1) is 18.4 Å². The normalized spacial score (nSPS) is 23.1. The molecule has 0 aromatic heterocycles. The van der Waals surface area contributed by atoms with Gasteiger partial charge < -0.3 is 25.0 Å². The molecule has 120 valence electrons. The summed E-state index contributed by atoms with van der Waals surface area (Å²) in [6.45, 7) is 0. The lowest BCUT2D eigenvalue weighted by atomic mass is 9.77. The van der Waals surface area contributed by atoms with Gasteiger partial charge in [0.25, 0.3) is 5.91 Å². The quantitative estimate of drug-likeness (QED) is 0.801. The SMILES string of the molecule is COc1ccc(C2(O)c3c(O)cccc3NC(=O)C2OC)cc1. The van der Waals surface area contributed by atoms with E-state index in [0.717, 1.165) is 0 Å². The molecule has 0 spiro atoms. The monoisotopic (exact) mass is 315 g/mol. The number of methoxy groups -OCH3 is 2. The number of rotatable bonds is 3. The minimum Gasteiger partial charge on any atom is -0.507 e. The topological polar surface area (TPSA) is 88.0 Å². The molecule has 0 fully saturated rings. The highest BCUT2D eigenvalue weighted by molar-refractivity contribution is 6.00. The molecule has 23 heavy (non-hydrogen) atoms. The van der Waals surface area contributed by atoms with Crippen LogP contribution >= 0.6 is 0 Å². The number of benzene rings is 2. The molecule has 0 bridgehead atoms. The number of carbonyl (C=O) groups is 1. The minimum atomic E-state index is -1.82. The second kappa shape index (κ2) is 5.57. The number of nitrogens with one attached hydrogen (secondary N) is 1. The first-order valence-corrected chi connectivity index (χ1v) is 7.05. The van der Waals surface area contributed by atoms with Crippen molar-refractivity contribution in [2.24, 2.45) is 0 Å². The van der Waals surface area contributed by atoms with Crippen LogP contribution in [0.5, 0.6) is 11.5 Å². The zero-order valence-electron chi connectivity index (χ0n) is 12.7. The van der Waals surface area contributed by atoms with Crippen LogP contribution in [0.4, 0.5) is 5.69 Å². The van der Waals surface area contributed by atoms with Crippen molar-refractivity contribution >= 4 is 11.6 Å². The third-order valence-electron chi connectivity index (χ3n) is 4.06. The first kappa shape index (κ1) is 15.3. The van der Waals surface area contributed by atoms with Gasteiger partial charge in [-0.15, -0.1) is 0 Å². The third-order valence-corrected chi connectivity index (χ3v) is 4.06. The summed E-state index contributed by atoms with van der Waals surface area (Å²) in [6, 6.07) is 11.3. The summed E-state index contributed by atoms with van der Waals surface area (Å²) in [6.07, 6.45) is -1.20. The number of phenols is 1. The number of fused-ring (bicyclic) bond motifs is 1. The highest BCUT2D eigenvalue weighted by atomic mass is 16.5. The molecular weight excluding hydrogens is 298 g/mol. The average molecular weight is 315 g/mol. The molecule has 2 unspecified atom stereocenters. The molecule has 6 heteroatoms. The van der Waals surface area contributed by atoms with Crippen LogP contribution in [0.15, 0.2) is 42.5 Å². The molecule has 3 N–H and O–H groups in total. The molecule has 0 radical (unpaired) electrons. The largest absolute Gasteiger partial charge is 0.507 e. The summed E-state index contributed by atoms with van der Waals surface area (Å²) in [5.41, 5.74) is -0.842. The van der Waals surface area contributed by atoms with Gasteiger partial charge in [0, 0.05) is 7.11 Å². The molecule has 0 saturated heterocycles. The fourth-order valence-corrected chi connectivity index (χ4v) is 2.98. The van der Waals surface area contributed by atoms with Crippen LogP contribution in [0.2, 0.25) is 0 Å². The summed E-state index contributed by atoms with van der Waals surface area (Å²) in [7, 11) is 2.88. The Morgan fingerprint density at radius 2 is 1.83 bits per heavy atom. The van der Waals surface area contributed by atoms with Crippen LogP contribution in [0, 0.1) is 0 Å². The van der Waals surface area contributed by atoms with Gasteiger partial charge >= 0.3 is 0 Å². The molecule has 2 aromatic carbocycles. The number of hydrogen-bond acceptors (Lipinski definition) is 5. The molecule has 3 rings (SSSR count). The van der Waals surface area contributed by atoms with Crippen molar-refractivity contribution in [3.63, 3.8) is 0 Å². The summed E-state index contributed by atoms with van der Waals surface area (Å²) in [5.74, 6) is 0.0101. The zero-order chi connectivity index (χ0) is 16.6. The lowest BCUT2D eigenvalue weighted by Crippen LogP contribution is -2.52. The van der Waals surface area contributed by atoms with Crippen molar-refractivity contribution in [2.45, 2.75) is 11.7 Å².